The van der Waals surface area contributed by atoms with Gasteiger partial charge in [0.2, 0.25) is 5.89 Å². The van der Waals surface area contributed by atoms with Gasteiger partial charge in [-0.25, -0.2) is 9.78 Å². The van der Waals surface area contributed by atoms with E-state index >= 15 is 0 Å². The molecule has 1 aromatic rings. The lowest BCUT2D eigenvalue weighted by atomic mass is 10.4. The Morgan fingerprint density at radius 2 is 2.37 bits per heavy atom. The third-order valence-electron chi connectivity index (χ3n) is 2.24. The molecule has 0 unspecified atom stereocenters. The molecule has 2 amide bonds. The summed E-state index contributed by atoms with van der Waals surface area (Å²) < 4.78 is 5.30. The van der Waals surface area contributed by atoms with E-state index in [9.17, 15) is 9.59 Å². The van der Waals surface area contributed by atoms with Crippen molar-refractivity contribution in [2.24, 2.45) is 0 Å². The molecule has 102 valence electrons. The predicted molar refractivity (Wildman–Crippen MR) is 66.2 cm³/mol. The number of oxazole rings is 1. The van der Waals surface area contributed by atoms with Crippen molar-refractivity contribution in [2.45, 2.75) is 19.9 Å². The topological polar surface area (TPSA) is 95.7 Å². The van der Waals surface area contributed by atoms with E-state index in [0.717, 1.165) is 10.7 Å². The maximum absolute atomic E-state index is 11.7. The van der Waals surface area contributed by atoms with Crippen molar-refractivity contribution in [3.05, 3.63) is 17.8 Å². The van der Waals surface area contributed by atoms with Crippen molar-refractivity contribution in [1.29, 1.82) is 0 Å². The molecule has 0 aliphatic heterocycles. The summed E-state index contributed by atoms with van der Waals surface area (Å²) in [6.07, 6.45) is 7.37. The van der Waals surface area contributed by atoms with Gasteiger partial charge in [0.15, 0.2) is 0 Å². The zero-order valence-electron chi connectivity index (χ0n) is 10.5. The number of aromatic nitrogens is 1. The van der Waals surface area contributed by atoms with Gasteiger partial charge in [0.1, 0.15) is 12.3 Å². The van der Waals surface area contributed by atoms with Gasteiger partial charge in [-0.05, 0) is 0 Å². The number of aliphatic carboxylic acids is 1. The van der Waals surface area contributed by atoms with Crippen molar-refractivity contribution in [2.75, 3.05) is 13.1 Å². The minimum absolute atomic E-state index is 0.0794. The first-order chi connectivity index (χ1) is 9.06. The summed E-state index contributed by atoms with van der Waals surface area (Å²) in [5.41, 5.74) is 0. The van der Waals surface area contributed by atoms with Gasteiger partial charge in [0.25, 0.3) is 0 Å². The van der Waals surface area contributed by atoms with Crippen LogP contribution in [0.1, 0.15) is 18.6 Å². The first-order valence-electron chi connectivity index (χ1n) is 5.68. The molecule has 19 heavy (non-hydrogen) atoms. The molecule has 0 radical (unpaired) electrons. The van der Waals surface area contributed by atoms with Gasteiger partial charge in [-0.2, -0.15) is 0 Å². The van der Waals surface area contributed by atoms with Gasteiger partial charge >= 0.3 is 12.0 Å². The fourth-order valence-electron chi connectivity index (χ4n) is 1.33. The number of terminal acetylenes is 1. The lowest BCUT2D eigenvalue weighted by Gasteiger charge is -2.17. The van der Waals surface area contributed by atoms with E-state index in [0.29, 0.717) is 12.3 Å². The summed E-state index contributed by atoms with van der Waals surface area (Å²) in [7, 11) is 0. The van der Waals surface area contributed by atoms with Crippen molar-refractivity contribution < 1.29 is 19.1 Å². The maximum atomic E-state index is 11.7. The molecular formula is C12H15N3O4. The molecule has 2 N–H and O–H groups in total. The highest BCUT2D eigenvalue weighted by Gasteiger charge is 2.16. The second-order valence-corrected chi connectivity index (χ2v) is 3.69. The Kier molecular flexibility index (Phi) is 5.41. The fraction of sp³-hybridized carbons (Fsp3) is 0.417. The summed E-state index contributed by atoms with van der Waals surface area (Å²) >= 11 is 0. The number of hydrogen-bond donors (Lipinski definition) is 2. The van der Waals surface area contributed by atoms with E-state index in [-0.39, 0.29) is 13.1 Å². The summed E-state index contributed by atoms with van der Waals surface area (Å²) in [6, 6.07) is -0.573. The number of carbonyl (C=O) groups excluding carboxylic acids is 1. The van der Waals surface area contributed by atoms with Gasteiger partial charge in [0.05, 0.1) is 19.3 Å². The molecule has 1 aromatic heterocycles. The molecule has 1 heterocycles. The zero-order chi connectivity index (χ0) is 14.3. The summed E-state index contributed by atoms with van der Waals surface area (Å²) in [5, 5.41) is 11.2. The molecule has 1 rings (SSSR count). The second kappa shape index (κ2) is 7.06. The van der Waals surface area contributed by atoms with Gasteiger partial charge in [-0.15, -0.1) is 6.42 Å². The van der Waals surface area contributed by atoms with Gasteiger partial charge < -0.3 is 19.7 Å². The number of carboxylic acids is 1. The van der Waals surface area contributed by atoms with E-state index < -0.39 is 18.5 Å². The second-order valence-electron chi connectivity index (χ2n) is 3.69. The minimum Gasteiger partial charge on any atom is -0.480 e. The molecule has 0 atom stereocenters. The van der Waals surface area contributed by atoms with Crippen LogP contribution >= 0.6 is 0 Å². The molecule has 0 fully saturated rings. The average Bonchev–Trinajstić information content (AvgIpc) is 2.83. The van der Waals surface area contributed by atoms with E-state index in [2.05, 4.69) is 16.2 Å². The van der Waals surface area contributed by atoms with Crippen LogP contribution in [0.4, 0.5) is 4.79 Å². The quantitative estimate of drug-likeness (QED) is 0.729. The van der Waals surface area contributed by atoms with Gasteiger partial charge in [0, 0.05) is 6.42 Å². The van der Waals surface area contributed by atoms with Crippen LogP contribution in [0.15, 0.2) is 10.6 Å². The largest absolute Gasteiger partial charge is 0.480 e. The lowest BCUT2D eigenvalue weighted by Crippen LogP contribution is -2.42. The fourth-order valence-corrected chi connectivity index (χ4v) is 1.33. The van der Waals surface area contributed by atoms with Crippen LogP contribution in [0.2, 0.25) is 0 Å². The zero-order valence-corrected chi connectivity index (χ0v) is 10.5. The van der Waals surface area contributed by atoms with Crippen molar-refractivity contribution in [1.82, 2.24) is 15.2 Å². The third-order valence-corrected chi connectivity index (χ3v) is 2.24. The average molecular weight is 265 g/mol. The number of urea groups is 1. The lowest BCUT2D eigenvalue weighted by molar-refractivity contribution is -0.137. The SMILES string of the molecule is C#CCN(CC(=O)O)C(=O)NCc1ncc(CC)o1. The molecule has 7 nitrogen and oxygen atoms in total. The molecule has 0 saturated carbocycles. The van der Waals surface area contributed by atoms with E-state index in [1.807, 2.05) is 6.92 Å². The van der Waals surface area contributed by atoms with Crippen LogP contribution in [0, 0.1) is 12.3 Å². The molecule has 0 aliphatic carbocycles. The highest BCUT2D eigenvalue weighted by atomic mass is 16.4. The van der Waals surface area contributed by atoms with E-state index in [4.69, 9.17) is 15.9 Å². The van der Waals surface area contributed by atoms with E-state index in [1.54, 1.807) is 6.20 Å². The molecular weight excluding hydrogens is 250 g/mol. The van der Waals surface area contributed by atoms with Crippen LogP contribution in [0.5, 0.6) is 0 Å². The van der Waals surface area contributed by atoms with Crippen molar-refractivity contribution in [3.8, 4) is 12.3 Å². The Morgan fingerprint density at radius 1 is 1.63 bits per heavy atom. The maximum Gasteiger partial charge on any atom is 0.323 e. The van der Waals surface area contributed by atoms with Crippen LogP contribution in [0.3, 0.4) is 0 Å². The Balaban J connectivity index is 2.52. The van der Waals surface area contributed by atoms with Crippen molar-refractivity contribution in [3.63, 3.8) is 0 Å². The first kappa shape index (κ1) is 14.6. The van der Waals surface area contributed by atoms with Gasteiger partial charge in [-0.3, -0.25) is 4.79 Å². The standard InChI is InChI=1S/C12H15N3O4/c1-3-5-15(8-11(16)17)12(18)14-7-10-13-6-9(4-2)19-10/h1,6H,4-5,7-8H2,2H3,(H,14,18)(H,16,17). The summed E-state index contributed by atoms with van der Waals surface area (Å²) in [6.45, 7) is 1.47. The van der Waals surface area contributed by atoms with Gasteiger partial charge in [-0.1, -0.05) is 12.8 Å². The predicted octanol–water partition coefficient (Wildman–Crippen LogP) is 0.466. The number of hydrogen-bond acceptors (Lipinski definition) is 4. The molecule has 0 saturated heterocycles. The van der Waals surface area contributed by atoms with Crippen LogP contribution in [-0.4, -0.2) is 40.1 Å². The summed E-state index contributed by atoms with van der Waals surface area (Å²) in [4.78, 5) is 27.3. The Labute approximate surface area is 110 Å². The number of aryl methyl sites for hydroxylation is 1. The number of rotatable bonds is 6. The van der Waals surface area contributed by atoms with Crippen LogP contribution < -0.4 is 5.32 Å². The first-order valence-corrected chi connectivity index (χ1v) is 5.68. The van der Waals surface area contributed by atoms with E-state index in [1.165, 1.54) is 0 Å². The molecule has 0 aromatic carbocycles. The number of nitrogens with zero attached hydrogens (tertiary/aromatic N) is 2. The number of nitrogens with one attached hydrogen (secondary N) is 1. The number of carbonyl (C=O) groups is 2. The minimum atomic E-state index is -1.13. The summed E-state index contributed by atoms with van der Waals surface area (Å²) in [5.74, 6) is 2.18. The smallest absolute Gasteiger partial charge is 0.323 e. The monoisotopic (exact) mass is 265 g/mol. The number of carboxylic acid groups (broad SMARTS) is 1. The Hall–Kier alpha value is -2.49. The highest BCUT2D eigenvalue weighted by molar-refractivity contribution is 5.80. The normalized spacial score (nSPS) is 9.68. The molecule has 0 bridgehead atoms. The van der Waals surface area contributed by atoms with Crippen LogP contribution in [-0.2, 0) is 17.8 Å². The third kappa shape index (κ3) is 4.71. The number of amides is 2. The molecule has 7 heteroatoms. The van der Waals surface area contributed by atoms with Crippen LogP contribution in [0.25, 0.3) is 0 Å². The van der Waals surface area contributed by atoms with Crippen molar-refractivity contribution >= 4 is 12.0 Å². The molecule has 0 spiro atoms. The Morgan fingerprint density at radius 3 is 2.89 bits per heavy atom. The Bertz CT molecular complexity index is 489. The molecule has 0 aliphatic rings. The highest BCUT2D eigenvalue weighted by Crippen LogP contribution is 2.03.